The van der Waals surface area contributed by atoms with Gasteiger partial charge in [-0.15, -0.1) is 11.8 Å². The lowest BCUT2D eigenvalue weighted by Gasteiger charge is -2.08. The second-order valence-electron chi connectivity index (χ2n) is 3.83. The van der Waals surface area contributed by atoms with Gasteiger partial charge in [-0.05, 0) is 24.5 Å². The highest BCUT2D eigenvalue weighted by atomic mass is 32.2. The van der Waals surface area contributed by atoms with Crippen molar-refractivity contribution < 1.29 is 8.42 Å². The van der Waals surface area contributed by atoms with E-state index < -0.39 is 10.0 Å². The highest BCUT2D eigenvalue weighted by Crippen LogP contribution is 2.21. The summed E-state index contributed by atoms with van der Waals surface area (Å²) in [5, 5.41) is 2.73. The third kappa shape index (κ3) is 3.40. The van der Waals surface area contributed by atoms with Gasteiger partial charge >= 0.3 is 0 Å². The van der Waals surface area contributed by atoms with Crippen LogP contribution in [0.2, 0.25) is 0 Å². The zero-order chi connectivity index (χ0) is 14.6. The first-order valence-electron chi connectivity index (χ1n) is 5.72. The minimum atomic E-state index is -3.68. The maximum Gasteiger partial charge on any atom is 0.264 e. The van der Waals surface area contributed by atoms with E-state index in [1.54, 1.807) is 37.0 Å². The Morgan fingerprint density at radius 1 is 1.20 bits per heavy atom. The summed E-state index contributed by atoms with van der Waals surface area (Å²) in [6.45, 7) is 0. The van der Waals surface area contributed by atoms with Crippen molar-refractivity contribution in [3.63, 3.8) is 0 Å². The summed E-state index contributed by atoms with van der Waals surface area (Å²) in [4.78, 5) is 8.78. The molecule has 0 aliphatic carbocycles. The molecule has 1 aromatic carbocycles. The molecule has 0 unspecified atom stereocenters. The number of thioether (sulfide) groups is 1. The lowest BCUT2D eigenvalue weighted by molar-refractivity contribution is 0.600. The van der Waals surface area contributed by atoms with Gasteiger partial charge in [-0.1, -0.05) is 6.07 Å². The predicted molar refractivity (Wildman–Crippen MR) is 80.6 cm³/mol. The summed E-state index contributed by atoms with van der Waals surface area (Å²) in [5.74, 6) is 0.369. The molecule has 1 heterocycles. The van der Waals surface area contributed by atoms with E-state index in [9.17, 15) is 8.42 Å². The Balaban J connectivity index is 2.25. The number of rotatable bonds is 5. The Hall–Kier alpha value is -1.80. The summed E-state index contributed by atoms with van der Waals surface area (Å²) in [5.41, 5.74) is 0.509. The van der Waals surface area contributed by atoms with Crippen LogP contribution >= 0.6 is 11.8 Å². The van der Waals surface area contributed by atoms with Gasteiger partial charge in [0, 0.05) is 17.6 Å². The maximum atomic E-state index is 12.2. The fourth-order valence-corrected chi connectivity index (χ4v) is 2.88. The van der Waals surface area contributed by atoms with Crippen LogP contribution in [0.15, 0.2) is 46.5 Å². The fourth-order valence-electron chi connectivity index (χ4n) is 1.48. The molecule has 2 N–H and O–H groups in total. The van der Waals surface area contributed by atoms with Crippen molar-refractivity contribution in [1.82, 2.24) is 9.97 Å². The first kappa shape index (κ1) is 14.6. The second kappa shape index (κ2) is 6.10. The summed E-state index contributed by atoms with van der Waals surface area (Å²) < 4.78 is 26.9. The number of aromatic nitrogens is 2. The van der Waals surface area contributed by atoms with Gasteiger partial charge in [-0.3, -0.25) is 4.72 Å². The molecule has 0 atom stereocenters. The number of nitrogens with zero attached hydrogens (tertiary/aromatic N) is 2. The molecule has 8 heteroatoms. The molecule has 0 amide bonds. The van der Waals surface area contributed by atoms with Gasteiger partial charge in [-0.2, -0.15) is 0 Å². The molecule has 20 heavy (non-hydrogen) atoms. The normalized spacial score (nSPS) is 11.1. The molecular weight excluding hydrogens is 296 g/mol. The van der Waals surface area contributed by atoms with Crippen LogP contribution in [0, 0.1) is 0 Å². The minimum absolute atomic E-state index is 0.0195. The first-order chi connectivity index (χ1) is 9.55. The smallest absolute Gasteiger partial charge is 0.264 e. The van der Waals surface area contributed by atoms with Crippen molar-refractivity contribution in [2.75, 3.05) is 23.3 Å². The Kier molecular flexibility index (Phi) is 4.46. The lowest BCUT2D eigenvalue weighted by atomic mass is 10.3. The molecule has 0 saturated carbocycles. The Bertz CT molecular complexity index is 687. The monoisotopic (exact) mass is 310 g/mol. The van der Waals surface area contributed by atoms with Gasteiger partial charge < -0.3 is 5.32 Å². The van der Waals surface area contributed by atoms with Crippen LogP contribution in [-0.2, 0) is 10.0 Å². The van der Waals surface area contributed by atoms with Crippen LogP contribution < -0.4 is 10.0 Å². The van der Waals surface area contributed by atoms with E-state index in [4.69, 9.17) is 0 Å². The molecule has 0 spiro atoms. The maximum absolute atomic E-state index is 12.2. The summed E-state index contributed by atoms with van der Waals surface area (Å²) in [6, 6.07) is 7.17. The highest BCUT2D eigenvalue weighted by Gasteiger charge is 2.15. The molecule has 0 fully saturated rings. The zero-order valence-electron chi connectivity index (χ0n) is 11.0. The summed E-state index contributed by atoms with van der Waals surface area (Å²) in [7, 11) is -2.01. The number of anilines is 2. The lowest BCUT2D eigenvalue weighted by Crippen LogP contribution is -2.14. The highest BCUT2D eigenvalue weighted by molar-refractivity contribution is 7.98. The topological polar surface area (TPSA) is 84.0 Å². The van der Waals surface area contributed by atoms with E-state index in [1.165, 1.54) is 12.4 Å². The number of benzene rings is 1. The van der Waals surface area contributed by atoms with Crippen molar-refractivity contribution >= 4 is 33.4 Å². The summed E-state index contributed by atoms with van der Waals surface area (Å²) in [6.07, 6.45) is 4.46. The fraction of sp³-hybridized carbons (Fsp3) is 0.167. The van der Waals surface area contributed by atoms with Crippen LogP contribution in [0.3, 0.4) is 0 Å². The summed E-state index contributed by atoms with van der Waals surface area (Å²) >= 11 is 1.54. The van der Waals surface area contributed by atoms with Gasteiger partial charge in [0.05, 0.1) is 12.4 Å². The van der Waals surface area contributed by atoms with Crippen LogP contribution in [0.25, 0.3) is 0 Å². The Morgan fingerprint density at radius 2 is 1.90 bits per heavy atom. The number of nitrogens with one attached hydrogen (secondary N) is 2. The van der Waals surface area contributed by atoms with Crippen LogP contribution in [0.4, 0.5) is 11.6 Å². The van der Waals surface area contributed by atoms with E-state index >= 15 is 0 Å². The van der Waals surface area contributed by atoms with Gasteiger partial charge in [0.15, 0.2) is 0 Å². The average Bonchev–Trinajstić information content (AvgIpc) is 2.47. The number of hydrogen-bond acceptors (Lipinski definition) is 6. The molecule has 2 rings (SSSR count). The van der Waals surface area contributed by atoms with Crippen molar-refractivity contribution in [3.8, 4) is 0 Å². The molecule has 0 bridgehead atoms. The Labute approximate surface area is 122 Å². The molecule has 0 radical (unpaired) electrons. The van der Waals surface area contributed by atoms with Crippen LogP contribution in [0.1, 0.15) is 0 Å². The van der Waals surface area contributed by atoms with E-state index in [1.807, 2.05) is 12.3 Å². The third-order valence-corrected chi connectivity index (χ3v) is 4.55. The molecule has 1 aromatic heterocycles. The van der Waals surface area contributed by atoms with E-state index in [0.29, 0.717) is 11.6 Å². The number of hydrogen-bond donors (Lipinski definition) is 2. The molecular formula is C12H14N4O2S2. The van der Waals surface area contributed by atoms with Crippen molar-refractivity contribution in [3.05, 3.63) is 36.7 Å². The molecule has 0 aliphatic rings. The average molecular weight is 310 g/mol. The van der Waals surface area contributed by atoms with Crippen LogP contribution in [-0.4, -0.2) is 31.7 Å². The zero-order valence-corrected chi connectivity index (χ0v) is 12.6. The van der Waals surface area contributed by atoms with Gasteiger partial charge in [-0.25, -0.2) is 18.4 Å². The van der Waals surface area contributed by atoms with Crippen molar-refractivity contribution in [2.45, 2.75) is 9.79 Å². The predicted octanol–water partition coefficient (Wildman–Crippen LogP) is 2.04. The van der Waals surface area contributed by atoms with E-state index in [2.05, 4.69) is 20.0 Å². The first-order valence-corrected chi connectivity index (χ1v) is 8.42. The minimum Gasteiger partial charge on any atom is -0.357 e. The van der Waals surface area contributed by atoms with Crippen LogP contribution in [0.5, 0.6) is 0 Å². The third-order valence-electron chi connectivity index (χ3n) is 2.48. The molecule has 6 nitrogen and oxygen atoms in total. The largest absolute Gasteiger partial charge is 0.357 e. The van der Waals surface area contributed by atoms with Gasteiger partial charge in [0.2, 0.25) is 5.95 Å². The van der Waals surface area contributed by atoms with Crippen molar-refractivity contribution in [1.29, 1.82) is 0 Å². The molecule has 0 aliphatic heterocycles. The number of sulfonamides is 1. The standard InChI is InChI=1S/C12H14N4O2S2/c1-13-12-14-7-11(8-15-12)20(17,18)16-9-4-3-5-10(6-9)19-2/h3-8,16H,1-2H3,(H,13,14,15). The van der Waals surface area contributed by atoms with Gasteiger partial charge in [0.25, 0.3) is 10.0 Å². The van der Waals surface area contributed by atoms with Crippen molar-refractivity contribution in [2.24, 2.45) is 0 Å². The molecule has 0 saturated heterocycles. The quantitative estimate of drug-likeness (QED) is 0.822. The second-order valence-corrected chi connectivity index (χ2v) is 6.39. The van der Waals surface area contributed by atoms with E-state index in [-0.39, 0.29) is 4.90 Å². The van der Waals surface area contributed by atoms with E-state index in [0.717, 1.165) is 4.90 Å². The SMILES string of the molecule is CNc1ncc(S(=O)(=O)Nc2cccc(SC)c2)cn1. The molecule has 2 aromatic rings. The Morgan fingerprint density at radius 3 is 2.50 bits per heavy atom. The van der Waals surface area contributed by atoms with Gasteiger partial charge in [0.1, 0.15) is 4.90 Å². The molecule has 106 valence electrons.